The Bertz CT molecular complexity index is 382. The van der Waals surface area contributed by atoms with E-state index in [-0.39, 0.29) is 12.1 Å². The topological polar surface area (TPSA) is 26.3 Å². The minimum atomic E-state index is -0.262. The van der Waals surface area contributed by atoms with Crippen LogP contribution in [0.3, 0.4) is 0 Å². The van der Waals surface area contributed by atoms with E-state index in [1.54, 1.807) is 6.08 Å². The van der Waals surface area contributed by atoms with Crippen molar-refractivity contribution >= 4 is 5.97 Å². The maximum atomic E-state index is 11.5. The molecule has 0 aromatic rings. The third-order valence-electron chi connectivity index (χ3n) is 3.07. The summed E-state index contributed by atoms with van der Waals surface area (Å²) in [5.41, 5.74) is 2.34. The molecule has 0 bridgehead atoms. The predicted octanol–water partition coefficient (Wildman–Crippen LogP) is 5.60. The third kappa shape index (κ3) is 13.4. The van der Waals surface area contributed by atoms with Gasteiger partial charge in [-0.3, -0.25) is 0 Å². The molecule has 0 rings (SSSR count). The molecule has 1 unspecified atom stereocenters. The van der Waals surface area contributed by atoms with Gasteiger partial charge in [-0.2, -0.15) is 0 Å². The zero-order valence-electron chi connectivity index (χ0n) is 14.6. The Morgan fingerprint density at radius 2 is 1.81 bits per heavy atom. The van der Waals surface area contributed by atoms with Crippen LogP contribution >= 0.6 is 0 Å². The lowest BCUT2D eigenvalue weighted by molar-refractivity contribution is -0.141. The van der Waals surface area contributed by atoms with Crippen LogP contribution < -0.4 is 0 Å². The maximum Gasteiger partial charge on any atom is 0.331 e. The van der Waals surface area contributed by atoms with Crippen molar-refractivity contribution in [3.63, 3.8) is 0 Å². The first kappa shape index (κ1) is 19.7. The normalized spacial score (nSPS) is 13.6. The summed E-state index contributed by atoms with van der Waals surface area (Å²) in [6, 6.07) is 0. The molecular formula is C19H32O2. The fraction of sp³-hybridized carbons (Fsp3) is 0.632. The number of hydrogen-bond acceptors (Lipinski definition) is 2. The Morgan fingerprint density at radius 1 is 1.14 bits per heavy atom. The van der Waals surface area contributed by atoms with Crippen LogP contribution in [0, 0.1) is 5.92 Å². The number of ether oxygens (including phenoxy) is 1. The number of hydrogen-bond donors (Lipinski definition) is 0. The van der Waals surface area contributed by atoms with Crippen LogP contribution in [0.1, 0.15) is 67.2 Å². The average Bonchev–Trinajstić information content (AvgIpc) is 2.33. The van der Waals surface area contributed by atoms with E-state index >= 15 is 0 Å². The molecule has 0 saturated heterocycles. The van der Waals surface area contributed by atoms with Crippen molar-refractivity contribution in [2.75, 3.05) is 0 Å². The Kier molecular flexibility index (Phi) is 10.7. The highest BCUT2D eigenvalue weighted by molar-refractivity contribution is 5.83. The molecule has 1 atom stereocenters. The standard InChI is InChI=1S/C19H32O2/c1-15(2)10-7-8-11-17(5)12-9-13-18(6)14-19(20)21-16(3)4/h9-10,13-14,16-17H,7-8,11-12H2,1-6H3/b13-9+,18-14+. The lowest BCUT2D eigenvalue weighted by Crippen LogP contribution is -2.08. The molecule has 21 heavy (non-hydrogen) atoms. The molecule has 0 amide bonds. The van der Waals surface area contributed by atoms with Crippen LogP contribution in [-0.4, -0.2) is 12.1 Å². The Morgan fingerprint density at radius 3 is 2.38 bits per heavy atom. The van der Waals surface area contributed by atoms with Crippen molar-refractivity contribution < 1.29 is 9.53 Å². The van der Waals surface area contributed by atoms with Gasteiger partial charge in [0.25, 0.3) is 0 Å². The fourth-order valence-corrected chi connectivity index (χ4v) is 1.96. The second-order valence-electron chi connectivity index (χ2n) is 6.33. The molecule has 2 nitrogen and oxygen atoms in total. The van der Waals surface area contributed by atoms with Gasteiger partial charge in [-0.15, -0.1) is 0 Å². The largest absolute Gasteiger partial charge is 0.460 e. The lowest BCUT2D eigenvalue weighted by atomic mass is 9.99. The molecule has 120 valence electrons. The number of unbranched alkanes of at least 4 members (excludes halogenated alkanes) is 1. The summed E-state index contributed by atoms with van der Waals surface area (Å²) < 4.78 is 5.08. The number of esters is 1. The Labute approximate surface area is 131 Å². The molecule has 0 aromatic carbocycles. The van der Waals surface area contributed by atoms with Crippen LogP contribution in [0.5, 0.6) is 0 Å². The summed E-state index contributed by atoms with van der Waals surface area (Å²) in [6.45, 7) is 12.2. The molecule has 0 aromatic heterocycles. The van der Waals surface area contributed by atoms with Crippen molar-refractivity contribution in [2.45, 2.75) is 73.3 Å². The van der Waals surface area contributed by atoms with Crippen molar-refractivity contribution in [1.29, 1.82) is 0 Å². The summed E-state index contributed by atoms with van der Waals surface area (Å²) in [5, 5.41) is 0. The second kappa shape index (κ2) is 11.4. The van der Waals surface area contributed by atoms with Gasteiger partial charge < -0.3 is 4.74 Å². The second-order valence-corrected chi connectivity index (χ2v) is 6.33. The number of allylic oxidation sites excluding steroid dienone is 5. The van der Waals surface area contributed by atoms with Crippen LogP contribution in [0.2, 0.25) is 0 Å². The molecular weight excluding hydrogens is 260 g/mol. The monoisotopic (exact) mass is 292 g/mol. The predicted molar refractivity (Wildman–Crippen MR) is 91.2 cm³/mol. The van der Waals surface area contributed by atoms with E-state index in [1.807, 2.05) is 26.8 Å². The van der Waals surface area contributed by atoms with Gasteiger partial charge in [-0.1, -0.05) is 37.1 Å². The minimum Gasteiger partial charge on any atom is -0.460 e. The quantitative estimate of drug-likeness (QED) is 0.182. The van der Waals surface area contributed by atoms with Crippen molar-refractivity contribution in [3.8, 4) is 0 Å². The van der Waals surface area contributed by atoms with E-state index < -0.39 is 0 Å². The minimum absolute atomic E-state index is 0.0636. The van der Waals surface area contributed by atoms with Gasteiger partial charge in [-0.25, -0.2) is 4.79 Å². The highest BCUT2D eigenvalue weighted by atomic mass is 16.5. The van der Waals surface area contributed by atoms with Crippen molar-refractivity contribution in [3.05, 3.63) is 35.5 Å². The zero-order chi connectivity index (χ0) is 16.3. The molecule has 0 spiro atoms. The van der Waals surface area contributed by atoms with Crippen LogP contribution in [0.4, 0.5) is 0 Å². The summed E-state index contributed by atoms with van der Waals surface area (Å²) >= 11 is 0. The maximum absolute atomic E-state index is 11.5. The Hall–Kier alpha value is -1.31. The summed E-state index contributed by atoms with van der Waals surface area (Å²) in [4.78, 5) is 11.5. The number of carbonyl (C=O) groups excluding carboxylic acids is 1. The van der Waals surface area contributed by atoms with E-state index in [9.17, 15) is 4.79 Å². The molecule has 0 saturated carbocycles. The molecule has 0 aliphatic carbocycles. The van der Waals surface area contributed by atoms with Crippen molar-refractivity contribution in [2.24, 2.45) is 5.92 Å². The number of rotatable bonds is 9. The molecule has 0 N–H and O–H groups in total. The van der Waals surface area contributed by atoms with Crippen molar-refractivity contribution in [1.82, 2.24) is 0 Å². The molecule has 0 fully saturated rings. The molecule has 0 aliphatic heterocycles. The van der Waals surface area contributed by atoms with E-state index in [4.69, 9.17) is 4.74 Å². The highest BCUT2D eigenvalue weighted by Gasteiger charge is 2.01. The van der Waals surface area contributed by atoms with Crippen LogP contribution in [-0.2, 0) is 9.53 Å². The summed E-state index contributed by atoms with van der Waals surface area (Å²) in [5.74, 6) is 0.421. The number of carbonyl (C=O) groups is 1. The summed E-state index contributed by atoms with van der Waals surface area (Å²) in [7, 11) is 0. The first-order valence-electron chi connectivity index (χ1n) is 8.00. The van der Waals surface area contributed by atoms with Gasteiger partial charge in [0.15, 0.2) is 0 Å². The van der Waals surface area contributed by atoms with E-state index in [0.29, 0.717) is 5.92 Å². The van der Waals surface area contributed by atoms with Gasteiger partial charge in [0.1, 0.15) is 0 Å². The van der Waals surface area contributed by atoms with E-state index in [1.165, 1.54) is 24.8 Å². The lowest BCUT2D eigenvalue weighted by Gasteiger charge is -2.07. The highest BCUT2D eigenvalue weighted by Crippen LogP contribution is 2.14. The first-order valence-corrected chi connectivity index (χ1v) is 8.00. The van der Waals surface area contributed by atoms with Gasteiger partial charge in [-0.05, 0) is 65.4 Å². The first-order chi connectivity index (χ1) is 9.81. The molecule has 0 aliphatic rings. The van der Waals surface area contributed by atoms with Crippen LogP contribution in [0.25, 0.3) is 0 Å². The fourth-order valence-electron chi connectivity index (χ4n) is 1.96. The van der Waals surface area contributed by atoms with E-state index in [2.05, 4.69) is 32.9 Å². The van der Waals surface area contributed by atoms with Gasteiger partial charge in [0.05, 0.1) is 6.10 Å². The summed E-state index contributed by atoms with van der Waals surface area (Å²) in [6.07, 6.45) is 12.7. The molecule has 0 heterocycles. The molecule has 2 heteroatoms. The van der Waals surface area contributed by atoms with E-state index in [0.717, 1.165) is 12.0 Å². The Balaban J connectivity index is 4.00. The SMILES string of the molecule is CC(C)=CCCCC(C)C/C=C/C(C)=C/C(=O)OC(C)C. The van der Waals surface area contributed by atoms with Gasteiger partial charge >= 0.3 is 5.97 Å². The molecule has 0 radical (unpaired) electrons. The van der Waals surface area contributed by atoms with Crippen LogP contribution in [0.15, 0.2) is 35.5 Å². The zero-order valence-corrected chi connectivity index (χ0v) is 14.6. The van der Waals surface area contributed by atoms with Gasteiger partial charge in [0.2, 0.25) is 0 Å². The van der Waals surface area contributed by atoms with Gasteiger partial charge in [0, 0.05) is 6.08 Å². The average molecular weight is 292 g/mol. The third-order valence-corrected chi connectivity index (χ3v) is 3.07. The smallest absolute Gasteiger partial charge is 0.331 e.